The first-order valence-corrected chi connectivity index (χ1v) is 7.59. The molecule has 0 aliphatic rings. The standard InChI is InChI=1S/C14H14ClN3S/c1-10-7-12-14(16-9-10)18(13(8-15)17-12)5-4-11-3-2-6-19-11/h2-3,6-7,9H,4-5,8H2,1H3. The Morgan fingerprint density at radius 2 is 2.32 bits per heavy atom. The van der Waals surface area contributed by atoms with Crippen molar-refractivity contribution < 1.29 is 0 Å². The average Bonchev–Trinajstić information content (AvgIpc) is 3.02. The summed E-state index contributed by atoms with van der Waals surface area (Å²) in [5.74, 6) is 1.31. The fraction of sp³-hybridized carbons (Fsp3) is 0.286. The van der Waals surface area contributed by atoms with Crippen molar-refractivity contribution in [3.05, 3.63) is 46.0 Å². The van der Waals surface area contributed by atoms with Gasteiger partial charge >= 0.3 is 0 Å². The molecule has 3 aromatic heterocycles. The van der Waals surface area contributed by atoms with Crippen LogP contribution >= 0.6 is 22.9 Å². The minimum absolute atomic E-state index is 0.417. The fourth-order valence-corrected chi connectivity index (χ4v) is 3.07. The van der Waals surface area contributed by atoms with E-state index in [0.717, 1.165) is 35.5 Å². The molecule has 19 heavy (non-hydrogen) atoms. The van der Waals surface area contributed by atoms with Crippen LogP contribution in [0.3, 0.4) is 0 Å². The Hall–Kier alpha value is -1.39. The number of nitrogens with zero attached hydrogens (tertiary/aromatic N) is 3. The van der Waals surface area contributed by atoms with Crippen LogP contribution < -0.4 is 0 Å². The van der Waals surface area contributed by atoms with Crippen molar-refractivity contribution in [2.45, 2.75) is 25.8 Å². The van der Waals surface area contributed by atoms with E-state index in [-0.39, 0.29) is 0 Å². The first-order chi connectivity index (χ1) is 9.28. The molecule has 3 aromatic rings. The number of imidazole rings is 1. The molecule has 0 N–H and O–H groups in total. The second-order valence-corrected chi connectivity index (χ2v) is 5.80. The van der Waals surface area contributed by atoms with Crippen molar-refractivity contribution in [2.75, 3.05) is 0 Å². The second-order valence-electron chi connectivity index (χ2n) is 4.50. The average molecular weight is 292 g/mol. The van der Waals surface area contributed by atoms with Crippen molar-refractivity contribution in [3.8, 4) is 0 Å². The van der Waals surface area contributed by atoms with Gasteiger partial charge in [-0.15, -0.1) is 22.9 Å². The summed E-state index contributed by atoms with van der Waals surface area (Å²) < 4.78 is 2.13. The Kier molecular flexibility index (Phi) is 3.53. The van der Waals surface area contributed by atoms with Gasteiger partial charge in [0.2, 0.25) is 0 Å². The molecule has 5 heteroatoms. The van der Waals surface area contributed by atoms with Gasteiger partial charge in [0, 0.05) is 17.6 Å². The van der Waals surface area contributed by atoms with Crippen molar-refractivity contribution in [2.24, 2.45) is 0 Å². The summed E-state index contributed by atoms with van der Waals surface area (Å²) >= 11 is 7.77. The Morgan fingerprint density at radius 1 is 1.42 bits per heavy atom. The molecule has 0 aromatic carbocycles. The molecule has 3 nitrogen and oxygen atoms in total. The maximum absolute atomic E-state index is 6.00. The van der Waals surface area contributed by atoms with Crippen LogP contribution in [0.2, 0.25) is 0 Å². The number of pyridine rings is 1. The number of aromatic nitrogens is 3. The van der Waals surface area contributed by atoms with Gasteiger partial charge in [0.15, 0.2) is 5.65 Å². The highest BCUT2D eigenvalue weighted by Gasteiger charge is 2.11. The second kappa shape index (κ2) is 5.31. The van der Waals surface area contributed by atoms with E-state index < -0.39 is 0 Å². The van der Waals surface area contributed by atoms with Gasteiger partial charge in [-0.2, -0.15) is 0 Å². The molecule has 0 fully saturated rings. The number of rotatable bonds is 4. The summed E-state index contributed by atoms with van der Waals surface area (Å²) in [5, 5.41) is 2.10. The van der Waals surface area contributed by atoms with Crippen LogP contribution in [0.5, 0.6) is 0 Å². The molecule has 0 saturated carbocycles. The van der Waals surface area contributed by atoms with Gasteiger partial charge in [0.1, 0.15) is 11.3 Å². The third-order valence-corrected chi connectivity index (χ3v) is 4.26. The minimum atomic E-state index is 0.417. The first kappa shape index (κ1) is 12.6. The molecule has 98 valence electrons. The van der Waals surface area contributed by atoms with Gasteiger partial charge in [0.25, 0.3) is 0 Å². The Labute approximate surface area is 120 Å². The Balaban J connectivity index is 1.96. The molecular weight excluding hydrogens is 278 g/mol. The molecule has 3 rings (SSSR count). The molecule has 0 radical (unpaired) electrons. The maximum atomic E-state index is 6.00. The van der Waals surface area contributed by atoms with Crippen molar-refractivity contribution in [3.63, 3.8) is 0 Å². The predicted molar refractivity (Wildman–Crippen MR) is 79.8 cm³/mol. The molecule has 0 unspecified atom stereocenters. The van der Waals surface area contributed by atoms with Gasteiger partial charge in [-0.3, -0.25) is 0 Å². The quantitative estimate of drug-likeness (QED) is 0.685. The van der Waals surface area contributed by atoms with Crippen molar-refractivity contribution in [1.82, 2.24) is 14.5 Å². The number of aryl methyl sites for hydroxylation is 3. The summed E-state index contributed by atoms with van der Waals surface area (Å²) in [6, 6.07) is 6.29. The molecule has 0 aliphatic heterocycles. The highest BCUT2D eigenvalue weighted by Crippen LogP contribution is 2.18. The zero-order valence-electron chi connectivity index (χ0n) is 10.6. The lowest BCUT2D eigenvalue weighted by Gasteiger charge is -2.05. The summed E-state index contributed by atoms with van der Waals surface area (Å²) in [4.78, 5) is 10.4. The van der Waals surface area contributed by atoms with Crippen LogP contribution in [-0.4, -0.2) is 14.5 Å². The number of hydrogen-bond acceptors (Lipinski definition) is 3. The van der Waals surface area contributed by atoms with E-state index in [9.17, 15) is 0 Å². The lowest BCUT2D eigenvalue weighted by Crippen LogP contribution is -2.05. The molecule has 0 amide bonds. The molecule has 0 bridgehead atoms. The molecular formula is C14H14ClN3S. The molecule has 0 atom stereocenters. The zero-order valence-corrected chi connectivity index (χ0v) is 12.2. The lowest BCUT2D eigenvalue weighted by atomic mass is 10.3. The summed E-state index contributed by atoms with van der Waals surface area (Å²) in [5.41, 5.74) is 2.98. The van der Waals surface area contributed by atoms with Crippen LogP contribution in [0.25, 0.3) is 11.2 Å². The van der Waals surface area contributed by atoms with Crippen LogP contribution in [0.4, 0.5) is 0 Å². The monoisotopic (exact) mass is 291 g/mol. The van der Waals surface area contributed by atoms with E-state index in [4.69, 9.17) is 11.6 Å². The van der Waals surface area contributed by atoms with E-state index in [0.29, 0.717) is 5.88 Å². The maximum Gasteiger partial charge on any atom is 0.160 e. The molecule has 0 aliphatic carbocycles. The van der Waals surface area contributed by atoms with E-state index in [1.165, 1.54) is 4.88 Å². The molecule has 0 saturated heterocycles. The lowest BCUT2D eigenvalue weighted by molar-refractivity contribution is 0.687. The third kappa shape index (κ3) is 2.51. The van der Waals surface area contributed by atoms with Gasteiger partial charge < -0.3 is 4.57 Å². The van der Waals surface area contributed by atoms with Gasteiger partial charge in [-0.25, -0.2) is 9.97 Å². The third-order valence-electron chi connectivity index (χ3n) is 3.08. The van der Waals surface area contributed by atoms with Crippen LogP contribution in [0.1, 0.15) is 16.3 Å². The number of hydrogen-bond donors (Lipinski definition) is 0. The zero-order chi connectivity index (χ0) is 13.2. The predicted octanol–water partition coefficient (Wildman–Crippen LogP) is 3.78. The van der Waals surface area contributed by atoms with Crippen LogP contribution in [-0.2, 0) is 18.8 Å². The largest absolute Gasteiger partial charge is 0.311 e. The Bertz CT molecular complexity index is 688. The van der Waals surface area contributed by atoms with E-state index in [2.05, 4.69) is 38.1 Å². The van der Waals surface area contributed by atoms with E-state index >= 15 is 0 Å². The highest BCUT2D eigenvalue weighted by molar-refractivity contribution is 7.09. The van der Waals surface area contributed by atoms with Gasteiger partial charge in [0.05, 0.1) is 5.88 Å². The number of fused-ring (bicyclic) bond motifs is 1. The normalized spacial score (nSPS) is 11.3. The molecule has 3 heterocycles. The van der Waals surface area contributed by atoms with E-state index in [1.807, 2.05) is 13.1 Å². The smallest absolute Gasteiger partial charge is 0.160 e. The SMILES string of the molecule is Cc1cnc2c(c1)nc(CCl)n2CCc1cccs1. The van der Waals surface area contributed by atoms with Crippen LogP contribution in [0.15, 0.2) is 29.8 Å². The van der Waals surface area contributed by atoms with Crippen LogP contribution in [0, 0.1) is 6.92 Å². The number of alkyl halides is 1. The first-order valence-electron chi connectivity index (χ1n) is 6.18. The number of halogens is 1. The minimum Gasteiger partial charge on any atom is -0.311 e. The number of thiophene rings is 1. The van der Waals surface area contributed by atoms with Gasteiger partial charge in [-0.1, -0.05) is 6.07 Å². The summed E-state index contributed by atoms with van der Waals surface area (Å²) in [6.07, 6.45) is 2.87. The van der Waals surface area contributed by atoms with Crippen molar-refractivity contribution >= 4 is 34.1 Å². The van der Waals surface area contributed by atoms with Crippen molar-refractivity contribution in [1.29, 1.82) is 0 Å². The fourth-order valence-electron chi connectivity index (χ4n) is 2.17. The highest BCUT2D eigenvalue weighted by atomic mass is 35.5. The Morgan fingerprint density at radius 3 is 3.05 bits per heavy atom. The molecule has 0 spiro atoms. The summed E-state index contributed by atoms with van der Waals surface area (Å²) in [7, 11) is 0. The van der Waals surface area contributed by atoms with Gasteiger partial charge in [-0.05, 0) is 36.4 Å². The summed E-state index contributed by atoms with van der Waals surface area (Å²) in [6.45, 7) is 2.90. The topological polar surface area (TPSA) is 30.7 Å². The van der Waals surface area contributed by atoms with E-state index in [1.54, 1.807) is 11.3 Å².